The van der Waals surface area contributed by atoms with Gasteiger partial charge in [0.05, 0.1) is 13.3 Å². The molecule has 16 heavy (non-hydrogen) atoms. The summed E-state index contributed by atoms with van der Waals surface area (Å²) in [6.45, 7) is 2.67. The van der Waals surface area contributed by atoms with Crippen LogP contribution in [0.4, 0.5) is 5.69 Å². The molecule has 2 heterocycles. The van der Waals surface area contributed by atoms with E-state index in [0.29, 0.717) is 0 Å². The molecule has 1 saturated heterocycles. The fraction of sp³-hybridized carbons (Fsp3) is 0.250. The summed E-state index contributed by atoms with van der Waals surface area (Å²) in [5, 5.41) is 6.12. The average molecular weight is 217 g/mol. The standard InChI is InChI=1S/C9H8N2.C3H7NO/c1-2-4-9-8(3-1)7-10-5-6-11-9;1-2-5-3-4-1/h1-7,11H;4H,1-3H2. The summed E-state index contributed by atoms with van der Waals surface area (Å²) in [4.78, 5) is 4.04. The van der Waals surface area contributed by atoms with Crippen LogP contribution in [0.1, 0.15) is 5.56 Å². The van der Waals surface area contributed by atoms with E-state index in [-0.39, 0.29) is 0 Å². The molecule has 0 aromatic heterocycles. The highest BCUT2D eigenvalue weighted by Gasteiger charge is 1.96. The van der Waals surface area contributed by atoms with Gasteiger partial charge in [-0.3, -0.25) is 10.3 Å². The number of para-hydroxylation sites is 1. The topological polar surface area (TPSA) is 45.7 Å². The Kier molecular flexibility index (Phi) is 4.10. The van der Waals surface area contributed by atoms with Crippen LogP contribution in [0.2, 0.25) is 0 Å². The average Bonchev–Trinajstić information content (AvgIpc) is 2.81. The van der Waals surface area contributed by atoms with Crippen molar-refractivity contribution in [1.29, 1.82) is 0 Å². The zero-order chi connectivity index (χ0) is 11.1. The third-order valence-electron chi connectivity index (χ3n) is 2.20. The lowest BCUT2D eigenvalue weighted by atomic mass is 10.2. The molecule has 0 atom stereocenters. The van der Waals surface area contributed by atoms with E-state index in [1.54, 1.807) is 6.20 Å². The number of hydrogen-bond acceptors (Lipinski definition) is 4. The van der Waals surface area contributed by atoms with Crippen LogP contribution in [0.5, 0.6) is 0 Å². The van der Waals surface area contributed by atoms with Gasteiger partial charge in [0, 0.05) is 36.4 Å². The molecule has 1 aromatic rings. The summed E-state index contributed by atoms with van der Waals surface area (Å²) < 4.78 is 4.83. The number of benzene rings is 1. The van der Waals surface area contributed by atoms with Gasteiger partial charge in [-0.2, -0.15) is 0 Å². The van der Waals surface area contributed by atoms with E-state index in [1.807, 2.05) is 36.7 Å². The zero-order valence-electron chi connectivity index (χ0n) is 9.02. The molecule has 4 heteroatoms. The van der Waals surface area contributed by atoms with Gasteiger partial charge in [0.15, 0.2) is 0 Å². The smallest absolute Gasteiger partial charge is 0.0966 e. The monoisotopic (exact) mass is 217 g/mol. The van der Waals surface area contributed by atoms with Crippen molar-refractivity contribution >= 4 is 11.9 Å². The summed E-state index contributed by atoms with van der Waals surface area (Å²) in [6.07, 6.45) is 5.40. The summed E-state index contributed by atoms with van der Waals surface area (Å²) in [6, 6.07) is 8.05. The molecule has 0 unspecified atom stereocenters. The van der Waals surface area contributed by atoms with Gasteiger partial charge in [-0.1, -0.05) is 18.2 Å². The molecule has 0 saturated carbocycles. The molecule has 0 spiro atoms. The van der Waals surface area contributed by atoms with Crippen LogP contribution in [-0.4, -0.2) is 26.1 Å². The van der Waals surface area contributed by atoms with Crippen LogP contribution >= 0.6 is 0 Å². The van der Waals surface area contributed by atoms with E-state index in [4.69, 9.17) is 4.74 Å². The fourth-order valence-electron chi connectivity index (χ4n) is 1.40. The zero-order valence-corrected chi connectivity index (χ0v) is 9.02. The molecule has 2 aliphatic heterocycles. The summed E-state index contributed by atoms with van der Waals surface area (Å²) in [5.41, 5.74) is 2.22. The number of ether oxygens (including phenoxy) is 1. The Morgan fingerprint density at radius 2 is 2.19 bits per heavy atom. The normalized spacial score (nSPS) is 16.8. The van der Waals surface area contributed by atoms with Crippen LogP contribution < -0.4 is 10.6 Å². The number of rotatable bonds is 0. The number of fused-ring (bicyclic) bond motifs is 1. The Bertz CT molecular complexity index is 376. The minimum absolute atomic E-state index is 0.750. The van der Waals surface area contributed by atoms with Gasteiger partial charge in [0.1, 0.15) is 0 Å². The van der Waals surface area contributed by atoms with E-state index in [9.17, 15) is 0 Å². The molecule has 3 rings (SSSR count). The van der Waals surface area contributed by atoms with E-state index >= 15 is 0 Å². The van der Waals surface area contributed by atoms with Gasteiger partial charge in [-0.15, -0.1) is 0 Å². The number of aliphatic imine (C=N–C) groups is 1. The number of anilines is 1. The first-order valence-corrected chi connectivity index (χ1v) is 5.29. The molecule has 84 valence electrons. The van der Waals surface area contributed by atoms with E-state index in [2.05, 4.69) is 15.6 Å². The van der Waals surface area contributed by atoms with Gasteiger partial charge in [0.2, 0.25) is 0 Å². The Morgan fingerprint density at radius 1 is 1.25 bits per heavy atom. The molecule has 4 nitrogen and oxygen atoms in total. The van der Waals surface area contributed by atoms with E-state index in [1.165, 1.54) is 0 Å². The van der Waals surface area contributed by atoms with Crippen molar-refractivity contribution in [2.75, 3.05) is 25.2 Å². The predicted octanol–water partition coefficient (Wildman–Crippen LogP) is 1.57. The molecule has 0 bridgehead atoms. The van der Waals surface area contributed by atoms with Crippen molar-refractivity contribution in [2.45, 2.75) is 0 Å². The Hall–Kier alpha value is -1.65. The first-order valence-electron chi connectivity index (χ1n) is 5.29. The predicted molar refractivity (Wildman–Crippen MR) is 65.6 cm³/mol. The quantitative estimate of drug-likeness (QED) is 0.693. The Morgan fingerprint density at radius 3 is 2.94 bits per heavy atom. The van der Waals surface area contributed by atoms with E-state index < -0.39 is 0 Å². The third kappa shape index (κ3) is 3.18. The lowest BCUT2D eigenvalue weighted by molar-refractivity contribution is 0.194. The maximum atomic E-state index is 4.83. The largest absolute Gasteiger partial charge is 0.365 e. The second-order valence-corrected chi connectivity index (χ2v) is 3.38. The highest BCUT2D eigenvalue weighted by molar-refractivity contribution is 5.88. The molecule has 1 fully saturated rings. The van der Waals surface area contributed by atoms with Crippen LogP contribution in [0, 0.1) is 0 Å². The first-order chi connectivity index (χ1) is 7.97. The van der Waals surface area contributed by atoms with Crippen molar-refractivity contribution in [2.24, 2.45) is 4.99 Å². The molecule has 2 N–H and O–H groups in total. The van der Waals surface area contributed by atoms with Crippen LogP contribution in [0.25, 0.3) is 0 Å². The first kappa shape index (κ1) is 10.9. The SMILES string of the molecule is C1=CNc2ccccc2C=N1.C1COCN1. The molecular weight excluding hydrogens is 202 g/mol. The van der Waals surface area contributed by atoms with E-state index in [0.717, 1.165) is 31.1 Å². The number of nitrogens with one attached hydrogen (secondary N) is 2. The molecule has 1 aromatic carbocycles. The highest BCUT2D eigenvalue weighted by atomic mass is 16.5. The second-order valence-electron chi connectivity index (χ2n) is 3.38. The molecular formula is C12H15N3O. The van der Waals surface area contributed by atoms with Crippen molar-refractivity contribution in [3.63, 3.8) is 0 Å². The number of hydrogen-bond donors (Lipinski definition) is 2. The Balaban J connectivity index is 0.000000162. The van der Waals surface area contributed by atoms with Crippen LogP contribution in [0.15, 0.2) is 41.7 Å². The fourth-order valence-corrected chi connectivity index (χ4v) is 1.40. The maximum Gasteiger partial charge on any atom is 0.0966 e. The van der Waals surface area contributed by atoms with Gasteiger partial charge in [-0.05, 0) is 6.07 Å². The van der Waals surface area contributed by atoms with Crippen molar-refractivity contribution < 1.29 is 4.74 Å². The number of nitrogens with zero attached hydrogens (tertiary/aromatic N) is 1. The summed E-state index contributed by atoms with van der Waals surface area (Å²) >= 11 is 0. The lowest BCUT2D eigenvalue weighted by Gasteiger charge is -2.01. The van der Waals surface area contributed by atoms with Crippen LogP contribution in [0.3, 0.4) is 0 Å². The third-order valence-corrected chi connectivity index (χ3v) is 2.20. The minimum Gasteiger partial charge on any atom is -0.365 e. The minimum atomic E-state index is 0.750. The van der Waals surface area contributed by atoms with Crippen LogP contribution in [-0.2, 0) is 4.74 Å². The van der Waals surface area contributed by atoms with Gasteiger partial charge >= 0.3 is 0 Å². The summed E-state index contributed by atoms with van der Waals surface area (Å²) in [5.74, 6) is 0. The lowest BCUT2D eigenvalue weighted by Crippen LogP contribution is -2.05. The molecule has 0 amide bonds. The maximum absolute atomic E-state index is 4.83. The summed E-state index contributed by atoms with van der Waals surface area (Å²) in [7, 11) is 0. The van der Waals surface area contributed by atoms with Gasteiger partial charge < -0.3 is 10.1 Å². The molecule has 0 radical (unpaired) electrons. The molecule has 0 aliphatic carbocycles. The van der Waals surface area contributed by atoms with Crippen molar-refractivity contribution in [3.8, 4) is 0 Å². The highest BCUT2D eigenvalue weighted by Crippen LogP contribution is 2.13. The second kappa shape index (κ2) is 6.05. The van der Waals surface area contributed by atoms with Gasteiger partial charge in [-0.25, -0.2) is 0 Å². The van der Waals surface area contributed by atoms with Crippen molar-refractivity contribution in [1.82, 2.24) is 5.32 Å². The van der Waals surface area contributed by atoms with Crippen molar-refractivity contribution in [3.05, 3.63) is 42.2 Å². The van der Waals surface area contributed by atoms with Gasteiger partial charge in [0.25, 0.3) is 0 Å². The molecule has 2 aliphatic rings. The Labute approximate surface area is 95.0 Å².